The third-order valence-electron chi connectivity index (χ3n) is 4.13. The Bertz CT molecular complexity index is 989. The standard InChI is InChI=1S/C19H16N6OS/c20-10-13-3-5-15(6-4-13)22-17(26)12-27-19-24-23-18(25(19)16-7-8-16)14-2-1-9-21-11-14/h1-6,9,11,16H,7-8,12H2,(H,22,26). The first kappa shape index (κ1) is 17.2. The molecule has 1 aliphatic carbocycles. The van der Waals surface area contributed by atoms with Crippen LogP contribution in [0.15, 0.2) is 53.9 Å². The van der Waals surface area contributed by atoms with Crippen molar-refractivity contribution in [1.29, 1.82) is 5.26 Å². The molecule has 2 heterocycles. The van der Waals surface area contributed by atoms with Crippen molar-refractivity contribution in [2.45, 2.75) is 24.0 Å². The van der Waals surface area contributed by atoms with Crippen molar-refractivity contribution < 1.29 is 4.79 Å². The van der Waals surface area contributed by atoms with E-state index in [1.54, 1.807) is 36.7 Å². The van der Waals surface area contributed by atoms with Gasteiger partial charge in [-0.05, 0) is 49.2 Å². The fourth-order valence-electron chi connectivity index (χ4n) is 2.68. The predicted molar refractivity (Wildman–Crippen MR) is 102 cm³/mol. The molecule has 0 radical (unpaired) electrons. The lowest BCUT2D eigenvalue weighted by atomic mass is 10.2. The zero-order valence-electron chi connectivity index (χ0n) is 14.4. The first-order valence-electron chi connectivity index (χ1n) is 8.52. The Kier molecular flexibility index (Phi) is 4.85. The Hall–Kier alpha value is -3.18. The number of nitrogens with one attached hydrogen (secondary N) is 1. The van der Waals surface area contributed by atoms with Crippen LogP contribution in [0.5, 0.6) is 0 Å². The highest BCUT2D eigenvalue weighted by Crippen LogP contribution is 2.40. The van der Waals surface area contributed by atoms with Gasteiger partial charge in [0.15, 0.2) is 11.0 Å². The second kappa shape index (κ2) is 7.60. The number of nitrogens with zero attached hydrogens (tertiary/aromatic N) is 5. The Labute approximate surface area is 160 Å². The molecule has 3 aromatic rings. The molecule has 1 fully saturated rings. The number of rotatable bonds is 6. The van der Waals surface area contributed by atoms with Crippen LogP contribution >= 0.6 is 11.8 Å². The largest absolute Gasteiger partial charge is 0.325 e. The zero-order chi connectivity index (χ0) is 18.6. The van der Waals surface area contributed by atoms with Crippen LogP contribution in [0, 0.1) is 11.3 Å². The highest BCUT2D eigenvalue weighted by Gasteiger charge is 2.30. The number of thioether (sulfide) groups is 1. The van der Waals surface area contributed by atoms with Gasteiger partial charge in [0.2, 0.25) is 5.91 Å². The van der Waals surface area contributed by atoms with Crippen LogP contribution in [0.2, 0.25) is 0 Å². The number of amides is 1. The van der Waals surface area contributed by atoms with Crippen LogP contribution in [0.25, 0.3) is 11.4 Å². The fraction of sp³-hybridized carbons (Fsp3) is 0.211. The highest BCUT2D eigenvalue weighted by molar-refractivity contribution is 7.99. The van der Waals surface area contributed by atoms with Gasteiger partial charge in [0.25, 0.3) is 0 Å². The van der Waals surface area contributed by atoms with Crippen LogP contribution in [0.3, 0.4) is 0 Å². The lowest BCUT2D eigenvalue weighted by Crippen LogP contribution is -2.14. The van der Waals surface area contributed by atoms with Crippen molar-refractivity contribution in [3.63, 3.8) is 0 Å². The van der Waals surface area contributed by atoms with Crippen LogP contribution in [-0.2, 0) is 4.79 Å². The number of nitriles is 1. The number of pyridine rings is 1. The maximum Gasteiger partial charge on any atom is 0.234 e. The number of hydrogen-bond donors (Lipinski definition) is 1. The van der Waals surface area contributed by atoms with Gasteiger partial charge in [-0.1, -0.05) is 11.8 Å². The second-order valence-corrected chi connectivity index (χ2v) is 7.12. The molecule has 134 valence electrons. The molecule has 7 nitrogen and oxygen atoms in total. The Morgan fingerprint density at radius 3 is 2.74 bits per heavy atom. The van der Waals surface area contributed by atoms with Crippen molar-refractivity contribution in [2.24, 2.45) is 0 Å². The van der Waals surface area contributed by atoms with E-state index in [9.17, 15) is 4.79 Å². The summed E-state index contributed by atoms with van der Waals surface area (Å²) in [7, 11) is 0. The molecule has 0 saturated heterocycles. The summed E-state index contributed by atoms with van der Waals surface area (Å²) < 4.78 is 2.11. The summed E-state index contributed by atoms with van der Waals surface area (Å²) in [4.78, 5) is 16.4. The van der Waals surface area contributed by atoms with Crippen molar-refractivity contribution in [2.75, 3.05) is 11.1 Å². The number of carbonyl (C=O) groups excluding carboxylic acids is 1. The van der Waals surface area contributed by atoms with Gasteiger partial charge in [-0.2, -0.15) is 5.26 Å². The molecule has 8 heteroatoms. The molecular weight excluding hydrogens is 360 g/mol. The minimum Gasteiger partial charge on any atom is -0.325 e. The summed E-state index contributed by atoms with van der Waals surface area (Å²) in [5.74, 6) is 0.899. The number of carbonyl (C=O) groups is 1. The Morgan fingerprint density at radius 1 is 1.26 bits per heavy atom. The van der Waals surface area contributed by atoms with Gasteiger partial charge in [-0.25, -0.2) is 0 Å². The third kappa shape index (κ3) is 3.99. The maximum atomic E-state index is 12.2. The van der Waals surface area contributed by atoms with Gasteiger partial charge in [-0.15, -0.1) is 10.2 Å². The van der Waals surface area contributed by atoms with E-state index in [2.05, 4.69) is 31.1 Å². The quantitative estimate of drug-likeness (QED) is 0.663. The number of benzene rings is 1. The minimum atomic E-state index is -0.127. The molecule has 1 aliphatic rings. The Balaban J connectivity index is 1.44. The maximum absolute atomic E-state index is 12.2. The number of aromatic nitrogens is 4. The highest BCUT2D eigenvalue weighted by atomic mass is 32.2. The molecule has 0 aliphatic heterocycles. The zero-order valence-corrected chi connectivity index (χ0v) is 15.2. The van der Waals surface area contributed by atoms with Crippen LogP contribution < -0.4 is 5.32 Å². The average molecular weight is 376 g/mol. The topological polar surface area (TPSA) is 96.5 Å². The van der Waals surface area contributed by atoms with Crippen LogP contribution in [-0.4, -0.2) is 31.4 Å². The van der Waals surface area contributed by atoms with E-state index < -0.39 is 0 Å². The molecule has 27 heavy (non-hydrogen) atoms. The lowest BCUT2D eigenvalue weighted by Gasteiger charge is -2.09. The van der Waals surface area contributed by atoms with Gasteiger partial charge in [0, 0.05) is 29.7 Å². The van der Waals surface area contributed by atoms with Crippen LogP contribution in [0.1, 0.15) is 24.4 Å². The smallest absolute Gasteiger partial charge is 0.234 e. The summed E-state index contributed by atoms with van der Waals surface area (Å²) in [5.41, 5.74) is 2.15. The molecular formula is C19H16N6OS. The molecule has 0 unspecified atom stereocenters. The van der Waals surface area contributed by atoms with Gasteiger partial charge in [0.05, 0.1) is 17.4 Å². The van der Waals surface area contributed by atoms with Gasteiger partial charge < -0.3 is 5.32 Å². The molecule has 0 spiro atoms. The molecule has 2 aromatic heterocycles. The van der Waals surface area contributed by atoms with E-state index in [0.717, 1.165) is 29.4 Å². The van der Waals surface area contributed by atoms with E-state index in [-0.39, 0.29) is 11.7 Å². The predicted octanol–water partition coefficient (Wildman–Crippen LogP) is 3.28. The monoisotopic (exact) mass is 376 g/mol. The van der Waals surface area contributed by atoms with E-state index in [1.165, 1.54) is 11.8 Å². The SMILES string of the molecule is N#Cc1ccc(NC(=O)CSc2nnc(-c3cccnc3)n2C2CC2)cc1. The molecule has 1 saturated carbocycles. The van der Waals surface area contributed by atoms with E-state index in [1.807, 2.05) is 12.1 Å². The van der Waals surface area contributed by atoms with Crippen molar-refractivity contribution in [3.05, 3.63) is 54.4 Å². The number of anilines is 1. The fourth-order valence-corrected chi connectivity index (χ4v) is 3.49. The van der Waals surface area contributed by atoms with Gasteiger partial charge in [0.1, 0.15) is 0 Å². The molecule has 0 bridgehead atoms. The molecule has 0 atom stereocenters. The average Bonchev–Trinajstić information content (AvgIpc) is 3.46. The normalized spacial score (nSPS) is 13.1. The molecule has 1 aromatic carbocycles. The lowest BCUT2D eigenvalue weighted by molar-refractivity contribution is -0.113. The number of hydrogen-bond acceptors (Lipinski definition) is 6. The van der Waals surface area contributed by atoms with Crippen molar-refractivity contribution in [1.82, 2.24) is 19.7 Å². The first-order chi connectivity index (χ1) is 13.2. The van der Waals surface area contributed by atoms with E-state index in [4.69, 9.17) is 5.26 Å². The summed E-state index contributed by atoms with van der Waals surface area (Å²) in [6.45, 7) is 0. The first-order valence-corrected chi connectivity index (χ1v) is 9.51. The summed E-state index contributed by atoms with van der Waals surface area (Å²) in [6, 6.07) is 13.1. The Morgan fingerprint density at radius 2 is 2.07 bits per heavy atom. The van der Waals surface area contributed by atoms with Gasteiger partial charge in [-0.3, -0.25) is 14.3 Å². The third-order valence-corrected chi connectivity index (χ3v) is 5.07. The summed E-state index contributed by atoms with van der Waals surface area (Å²) in [6.07, 6.45) is 5.69. The minimum absolute atomic E-state index is 0.127. The summed E-state index contributed by atoms with van der Waals surface area (Å²) >= 11 is 1.37. The van der Waals surface area contributed by atoms with Gasteiger partial charge >= 0.3 is 0 Å². The molecule has 1 amide bonds. The van der Waals surface area contributed by atoms with Crippen molar-refractivity contribution in [3.8, 4) is 17.5 Å². The second-order valence-electron chi connectivity index (χ2n) is 6.18. The van der Waals surface area contributed by atoms with E-state index >= 15 is 0 Å². The summed E-state index contributed by atoms with van der Waals surface area (Å²) in [5, 5.41) is 21.0. The van der Waals surface area contributed by atoms with Crippen LogP contribution in [0.4, 0.5) is 5.69 Å². The molecule has 4 rings (SSSR count). The van der Waals surface area contributed by atoms with Crippen molar-refractivity contribution >= 4 is 23.4 Å². The van der Waals surface area contributed by atoms with E-state index in [0.29, 0.717) is 17.3 Å². The molecule has 1 N–H and O–H groups in total.